The molecule has 2 unspecified atom stereocenters. The highest BCUT2D eigenvalue weighted by molar-refractivity contribution is 6.30. The summed E-state index contributed by atoms with van der Waals surface area (Å²) in [6.45, 7) is 2.10. The first-order chi connectivity index (χ1) is 9.08. The Kier molecular flexibility index (Phi) is 3.25. The SMILES string of the molecule is NC(=O)c1ccc(Cl)cc1C1C2CCN(CC2)C1N. The Morgan fingerprint density at radius 1 is 1.32 bits per heavy atom. The highest BCUT2D eigenvalue weighted by Gasteiger charge is 2.42. The summed E-state index contributed by atoms with van der Waals surface area (Å²) in [5, 5.41) is 0.628. The van der Waals surface area contributed by atoms with Gasteiger partial charge in [0.25, 0.3) is 0 Å². The maximum absolute atomic E-state index is 11.6. The van der Waals surface area contributed by atoms with Crippen molar-refractivity contribution in [1.29, 1.82) is 0 Å². The Morgan fingerprint density at radius 2 is 2.00 bits per heavy atom. The van der Waals surface area contributed by atoms with Gasteiger partial charge in [0.1, 0.15) is 0 Å². The quantitative estimate of drug-likeness (QED) is 0.862. The number of fused-ring (bicyclic) bond motifs is 3. The second-order valence-corrected chi connectivity index (χ2v) is 5.92. The van der Waals surface area contributed by atoms with Gasteiger partial charge in [-0.05, 0) is 55.6 Å². The van der Waals surface area contributed by atoms with Gasteiger partial charge in [-0.2, -0.15) is 0 Å². The van der Waals surface area contributed by atoms with Crippen molar-refractivity contribution in [2.45, 2.75) is 24.9 Å². The van der Waals surface area contributed by atoms with E-state index >= 15 is 0 Å². The molecule has 3 fully saturated rings. The second-order valence-electron chi connectivity index (χ2n) is 5.49. The molecular weight excluding hydrogens is 262 g/mol. The molecule has 2 atom stereocenters. The van der Waals surface area contributed by atoms with Gasteiger partial charge in [-0.25, -0.2) is 0 Å². The van der Waals surface area contributed by atoms with Gasteiger partial charge < -0.3 is 11.5 Å². The van der Waals surface area contributed by atoms with Crippen LogP contribution in [0.15, 0.2) is 18.2 Å². The second kappa shape index (κ2) is 4.78. The monoisotopic (exact) mass is 279 g/mol. The van der Waals surface area contributed by atoms with Crippen molar-refractivity contribution in [3.8, 4) is 0 Å². The number of hydrogen-bond donors (Lipinski definition) is 2. The van der Waals surface area contributed by atoms with Crippen molar-refractivity contribution in [3.05, 3.63) is 34.3 Å². The highest BCUT2D eigenvalue weighted by atomic mass is 35.5. The third-order valence-corrected chi connectivity index (χ3v) is 4.74. The van der Waals surface area contributed by atoms with Gasteiger partial charge >= 0.3 is 0 Å². The largest absolute Gasteiger partial charge is 0.366 e. The standard InChI is InChI=1S/C14H18ClN3O/c15-9-1-2-10(14(17)19)11(7-9)12-8-3-5-18(6-4-8)13(12)16/h1-2,7-8,12-13H,3-6,16H2,(H2,17,19). The third kappa shape index (κ3) is 2.14. The Balaban J connectivity index is 2.06. The van der Waals surface area contributed by atoms with Crippen LogP contribution in [0.5, 0.6) is 0 Å². The molecule has 2 bridgehead atoms. The van der Waals surface area contributed by atoms with Crippen molar-refractivity contribution >= 4 is 17.5 Å². The van der Waals surface area contributed by atoms with Crippen LogP contribution < -0.4 is 11.5 Å². The van der Waals surface area contributed by atoms with Crippen LogP contribution in [0.4, 0.5) is 0 Å². The zero-order valence-corrected chi connectivity index (χ0v) is 11.4. The molecule has 0 spiro atoms. The van der Waals surface area contributed by atoms with Crippen LogP contribution >= 0.6 is 11.6 Å². The Labute approximate surface area is 117 Å². The first kappa shape index (κ1) is 12.9. The molecule has 1 amide bonds. The predicted octanol–water partition coefficient (Wildman–Crippen LogP) is 1.53. The van der Waals surface area contributed by atoms with Gasteiger partial charge in [-0.3, -0.25) is 9.69 Å². The van der Waals surface area contributed by atoms with Gasteiger partial charge in [0, 0.05) is 16.5 Å². The fraction of sp³-hybridized carbons (Fsp3) is 0.500. The lowest BCUT2D eigenvalue weighted by Crippen LogP contribution is -2.57. The van der Waals surface area contributed by atoms with Crippen LogP contribution in [0.1, 0.15) is 34.7 Å². The number of carbonyl (C=O) groups is 1. The zero-order chi connectivity index (χ0) is 13.6. The highest BCUT2D eigenvalue weighted by Crippen LogP contribution is 2.43. The van der Waals surface area contributed by atoms with Gasteiger partial charge in [0.2, 0.25) is 5.91 Å². The van der Waals surface area contributed by atoms with E-state index in [-0.39, 0.29) is 12.1 Å². The number of halogens is 1. The Morgan fingerprint density at radius 3 is 2.58 bits per heavy atom. The van der Waals surface area contributed by atoms with Crippen molar-refractivity contribution in [1.82, 2.24) is 4.90 Å². The molecule has 3 saturated heterocycles. The maximum Gasteiger partial charge on any atom is 0.248 e. The lowest BCUT2D eigenvalue weighted by atomic mass is 9.72. The molecule has 0 aromatic heterocycles. The molecular formula is C14H18ClN3O. The summed E-state index contributed by atoms with van der Waals surface area (Å²) in [7, 11) is 0. The van der Waals surface area contributed by atoms with Crippen LogP contribution in [0.25, 0.3) is 0 Å². The molecule has 4 nitrogen and oxygen atoms in total. The van der Waals surface area contributed by atoms with E-state index in [0.29, 0.717) is 16.5 Å². The minimum atomic E-state index is -0.407. The van der Waals surface area contributed by atoms with E-state index in [1.807, 2.05) is 6.07 Å². The summed E-state index contributed by atoms with van der Waals surface area (Å²) < 4.78 is 0. The van der Waals surface area contributed by atoms with Crippen molar-refractivity contribution in [2.75, 3.05) is 13.1 Å². The molecule has 4 rings (SSSR count). The minimum absolute atomic E-state index is 0.0379. The summed E-state index contributed by atoms with van der Waals surface area (Å²) in [6, 6.07) is 5.27. The molecule has 3 aliphatic heterocycles. The number of nitrogens with two attached hydrogens (primary N) is 2. The van der Waals surface area contributed by atoms with Crippen LogP contribution in [-0.4, -0.2) is 30.1 Å². The van der Waals surface area contributed by atoms with E-state index in [1.165, 1.54) is 0 Å². The molecule has 0 radical (unpaired) electrons. The number of hydrogen-bond acceptors (Lipinski definition) is 3. The molecule has 0 aliphatic carbocycles. The first-order valence-electron chi connectivity index (χ1n) is 6.67. The normalized spacial score (nSPS) is 33.4. The fourth-order valence-electron chi connectivity index (χ4n) is 3.55. The molecule has 4 N–H and O–H groups in total. The lowest BCUT2D eigenvalue weighted by molar-refractivity contribution is 0.0285. The minimum Gasteiger partial charge on any atom is -0.366 e. The molecule has 1 aromatic rings. The number of amides is 1. The molecule has 102 valence electrons. The summed E-state index contributed by atoms with van der Waals surface area (Å²) in [5.41, 5.74) is 13.3. The maximum atomic E-state index is 11.6. The summed E-state index contributed by atoms with van der Waals surface area (Å²) in [6.07, 6.45) is 2.22. The molecule has 1 aromatic carbocycles. The molecule has 19 heavy (non-hydrogen) atoms. The van der Waals surface area contributed by atoms with Crippen LogP contribution in [0.3, 0.4) is 0 Å². The topological polar surface area (TPSA) is 72.4 Å². The van der Waals surface area contributed by atoms with E-state index in [0.717, 1.165) is 31.5 Å². The van der Waals surface area contributed by atoms with E-state index < -0.39 is 5.91 Å². The smallest absolute Gasteiger partial charge is 0.248 e. The molecule has 5 heteroatoms. The number of piperidine rings is 3. The first-order valence-corrected chi connectivity index (χ1v) is 7.04. The van der Waals surface area contributed by atoms with Gasteiger partial charge in [-0.1, -0.05) is 11.6 Å². The average molecular weight is 280 g/mol. The number of rotatable bonds is 2. The van der Waals surface area contributed by atoms with Crippen LogP contribution in [-0.2, 0) is 0 Å². The molecule has 3 heterocycles. The van der Waals surface area contributed by atoms with Gasteiger partial charge in [0.15, 0.2) is 0 Å². The predicted molar refractivity (Wildman–Crippen MR) is 75.0 cm³/mol. The lowest BCUT2D eigenvalue weighted by Gasteiger charge is -2.50. The third-order valence-electron chi connectivity index (χ3n) is 4.51. The van der Waals surface area contributed by atoms with Crippen LogP contribution in [0.2, 0.25) is 5.02 Å². The van der Waals surface area contributed by atoms with Crippen molar-refractivity contribution < 1.29 is 4.79 Å². The van der Waals surface area contributed by atoms with E-state index in [2.05, 4.69) is 4.90 Å². The Hall–Kier alpha value is -1.10. The number of primary amides is 1. The zero-order valence-electron chi connectivity index (χ0n) is 10.7. The van der Waals surface area contributed by atoms with Gasteiger partial charge in [0.05, 0.1) is 6.17 Å². The number of benzene rings is 1. The van der Waals surface area contributed by atoms with E-state index in [1.54, 1.807) is 12.1 Å². The van der Waals surface area contributed by atoms with Crippen LogP contribution in [0, 0.1) is 5.92 Å². The van der Waals surface area contributed by atoms with Gasteiger partial charge in [-0.15, -0.1) is 0 Å². The van der Waals surface area contributed by atoms with Crippen molar-refractivity contribution in [3.63, 3.8) is 0 Å². The summed E-state index contributed by atoms with van der Waals surface area (Å²) in [4.78, 5) is 13.9. The Bertz CT molecular complexity index is 509. The van der Waals surface area contributed by atoms with E-state index in [9.17, 15) is 4.79 Å². The van der Waals surface area contributed by atoms with Crippen molar-refractivity contribution in [2.24, 2.45) is 17.4 Å². The number of nitrogens with zero attached hydrogens (tertiary/aromatic N) is 1. The summed E-state index contributed by atoms with van der Waals surface area (Å²) >= 11 is 6.08. The fourth-order valence-corrected chi connectivity index (χ4v) is 3.73. The molecule has 3 aliphatic rings. The number of carbonyl (C=O) groups excluding carboxylic acids is 1. The van der Waals surface area contributed by atoms with E-state index in [4.69, 9.17) is 23.1 Å². The molecule has 0 saturated carbocycles. The summed E-state index contributed by atoms with van der Waals surface area (Å²) in [5.74, 6) is 0.274. The average Bonchev–Trinajstić information content (AvgIpc) is 2.39.